The number of aryl methyl sites for hydroxylation is 1. The van der Waals surface area contributed by atoms with Crippen molar-refractivity contribution in [3.63, 3.8) is 0 Å². The number of hydrogen-bond acceptors (Lipinski definition) is 2. The van der Waals surface area contributed by atoms with Crippen LogP contribution < -0.4 is 4.72 Å². The van der Waals surface area contributed by atoms with Gasteiger partial charge in [-0.3, -0.25) is 4.72 Å². The number of hydrogen-bond donors (Lipinski definition) is 1. The zero-order valence-corrected chi connectivity index (χ0v) is 13.0. The van der Waals surface area contributed by atoms with Crippen molar-refractivity contribution in [2.45, 2.75) is 19.8 Å². The first-order chi connectivity index (χ1) is 9.79. The first-order valence-electron chi connectivity index (χ1n) is 6.61. The number of anilines is 1. The molecule has 0 radical (unpaired) electrons. The largest absolute Gasteiger partial charge is 0.283 e. The Morgan fingerprint density at radius 2 is 1.76 bits per heavy atom. The Morgan fingerprint density at radius 3 is 2.38 bits per heavy atom. The van der Waals surface area contributed by atoms with E-state index in [1.54, 1.807) is 18.2 Å². The highest BCUT2D eigenvalue weighted by Crippen LogP contribution is 2.33. The topological polar surface area (TPSA) is 46.2 Å². The predicted octanol–water partition coefficient (Wildman–Crippen LogP) is 3.66. The van der Waals surface area contributed by atoms with Crippen LogP contribution in [0.1, 0.15) is 29.5 Å². The molecule has 0 aliphatic heterocycles. The molecule has 112 valence electrons. The highest BCUT2D eigenvalue weighted by Gasteiger charge is 2.19. The van der Waals surface area contributed by atoms with E-state index in [-0.39, 0.29) is 11.7 Å². The fraction of sp³-hybridized carbons (Fsp3) is 0.250. The monoisotopic (exact) mass is 307 g/mol. The second-order valence-corrected chi connectivity index (χ2v) is 6.90. The third-order valence-electron chi connectivity index (χ3n) is 3.43. The van der Waals surface area contributed by atoms with Gasteiger partial charge in [0, 0.05) is 5.92 Å². The average molecular weight is 307 g/mol. The molecule has 2 rings (SSSR count). The van der Waals surface area contributed by atoms with Crippen molar-refractivity contribution in [1.29, 1.82) is 0 Å². The van der Waals surface area contributed by atoms with Gasteiger partial charge in [-0.1, -0.05) is 37.3 Å². The maximum absolute atomic E-state index is 14.1. The molecule has 21 heavy (non-hydrogen) atoms. The van der Waals surface area contributed by atoms with Gasteiger partial charge in [-0.25, -0.2) is 12.8 Å². The van der Waals surface area contributed by atoms with Crippen molar-refractivity contribution in [1.82, 2.24) is 0 Å². The summed E-state index contributed by atoms with van der Waals surface area (Å²) in [6.45, 7) is 3.72. The minimum absolute atomic E-state index is 0.253. The van der Waals surface area contributed by atoms with E-state index in [1.165, 1.54) is 6.07 Å². The van der Waals surface area contributed by atoms with Crippen LogP contribution in [0.2, 0.25) is 0 Å². The highest BCUT2D eigenvalue weighted by atomic mass is 32.2. The molecule has 0 fully saturated rings. The third kappa shape index (κ3) is 3.61. The molecule has 0 spiro atoms. The second kappa shape index (κ2) is 5.85. The van der Waals surface area contributed by atoms with Gasteiger partial charge in [0.15, 0.2) is 0 Å². The lowest BCUT2D eigenvalue weighted by Gasteiger charge is -2.19. The average Bonchev–Trinajstić information content (AvgIpc) is 2.37. The normalized spacial score (nSPS) is 13.0. The molecule has 0 saturated carbocycles. The molecule has 0 aliphatic carbocycles. The number of nitrogens with one attached hydrogen (secondary N) is 1. The zero-order chi connectivity index (χ0) is 15.6. The third-order valence-corrected chi connectivity index (χ3v) is 4.02. The SMILES string of the molecule is Cc1cccc(F)c1C(C)c1ccccc1NS(C)(=O)=O. The van der Waals surface area contributed by atoms with Crippen molar-refractivity contribution >= 4 is 15.7 Å². The van der Waals surface area contributed by atoms with Gasteiger partial charge in [0.1, 0.15) is 5.82 Å². The summed E-state index contributed by atoms with van der Waals surface area (Å²) in [6.07, 6.45) is 1.10. The number of benzene rings is 2. The number of para-hydroxylation sites is 1. The van der Waals surface area contributed by atoms with Crippen LogP contribution in [0.15, 0.2) is 42.5 Å². The molecule has 3 nitrogen and oxygen atoms in total. The Labute approximate surface area is 124 Å². The Balaban J connectivity index is 2.52. The molecule has 0 heterocycles. The molecular formula is C16H18FNO2S. The van der Waals surface area contributed by atoms with Gasteiger partial charge in [-0.05, 0) is 35.7 Å². The first-order valence-corrected chi connectivity index (χ1v) is 8.50. The highest BCUT2D eigenvalue weighted by molar-refractivity contribution is 7.92. The summed E-state index contributed by atoms with van der Waals surface area (Å²) in [5.74, 6) is -0.534. The molecule has 1 unspecified atom stereocenters. The van der Waals surface area contributed by atoms with Gasteiger partial charge in [0.25, 0.3) is 0 Å². The summed E-state index contributed by atoms with van der Waals surface area (Å²) in [6, 6.07) is 12.0. The van der Waals surface area contributed by atoms with Crippen LogP contribution in [0.5, 0.6) is 0 Å². The minimum Gasteiger partial charge on any atom is -0.283 e. The molecule has 2 aromatic rings. The van der Waals surface area contributed by atoms with Gasteiger partial charge < -0.3 is 0 Å². The van der Waals surface area contributed by atoms with Crippen LogP contribution in [0, 0.1) is 12.7 Å². The fourth-order valence-corrected chi connectivity index (χ4v) is 3.10. The van der Waals surface area contributed by atoms with Crippen LogP contribution in [-0.2, 0) is 10.0 Å². The van der Waals surface area contributed by atoms with Crippen LogP contribution in [0.25, 0.3) is 0 Å². The van der Waals surface area contributed by atoms with E-state index in [0.717, 1.165) is 17.4 Å². The Hall–Kier alpha value is -1.88. The maximum Gasteiger partial charge on any atom is 0.229 e. The zero-order valence-electron chi connectivity index (χ0n) is 12.2. The molecule has 0 saturated heterocycles. The van der Waals surface area contributed by atoms with Crippen LogP contribution in [0.4, 0.5) is 10.1 Å². The summed E-state index contributed by atoms with van der Waals surface area (Å²) in [5, 5.41) is 0. The second-order valence-electron chi connectivity index (χ2n) is 5.15. The standard InChI is InChI=1S/C16H18FNO2S/c1-11-7-6-9-14(17)16(11)12(2)13-8-4-5-10-15(13)18-21(3,19)20/h4-10,12,18H,1-3H3. The van der Waals surface area contributed by atoms with Gasteiger partial charge in [0.2, 0.25) is 10.0 Å². The Kier molecular flexibility index (Phi) is 4.32. The van der Waals surface area contributed by atoms with Crippen molar-refractivity contribution in [3.05, 3.63) is 65.0 Å². The predicted molar refractivity (Wildman–Crippen MR) is 83.6 cm³/mol. The van der Waals surface area contributed by atoms with Crippen LogP contribution in [-0.4, -0.2) is 14.7 Å². The Bertz CT molecular complexity index is 736. The number of halogens is 1. The lowest BCUT2D eigenvalue weighted by atomic mass is 9.89. The maximum atomic E-state index is 14.1. The molecule has 0 aromatic heterocycles. The molecule has 2 aromatic carbocycles. The van der Waals surface area contributed by atoms with E-state index >= 15 is 0 Å². The number of sulfonamides is 1. The lowest BCUT2D eigenvalue weighted by Crippen LogP contribution is -2.13. The van der Waals surface area contributed by atoms with E-state index in [9.17, 15) is 12.8 Å². The van der Waals surface area contributed by atoms with Crippen molar-refractivity contribution in [2.75, 3.05) is 11.0 Å². The van der Waals surface area contributed by atoms with Gasteiger partial charge in [0.05, 0.1) is 11.9 Å². The smallest absolute Gasteiger partial charge is 0.229 e. The molecule has 0 aliphatic rings. The van der Waals surface area contributed by atoms with Crippen LogP contribution in [0.3, 0.4) is 0 Å². The van der Waals surface area contributed by atoms with Crippen molar-refractivity contribution in [3.8, 4) is 0 Å². The summed E-state index contributed by atoms with van der Waals surface area (Å²) in [5.41, 5.74) is 2.66. The fourth-order valence-electron chi connectivity index (χ4n) is 2.52. The van der Waals surface area contributed by atoms with E-state index < -0.39 is 10.0 Å². The van der Waals surface area contributed by atoms with Crippen LogP contribution >= 0.6 is 0 Å². The molecular weight excluding hydrogens is 289 g/mol. The quantitative estimate of drug-likeness (QED) is 0.937. The van der Waals surface area contributed by atoms with Gasteiger partial charge >= 0.3 is 0 Å². The van der Waals surface area contributed by atoms with Crippen molar-refractivity contribution < 1.29 is 12.8 Å². The Morgan fingerprint density at radius 1 is 1.10 bits per heavy atom. The summed E-state index contributed by atoms with van der Waals surface area (Å²) < 4.78 is 39.5. The summed E-state index contributed by atoms with van der Waals surface area (Å²) in [4.78, 5) is 0. The van der Waals surface area contributed by atoms with E-state index in [2.05, 4.69) is 4.72 Å². The summed E-state index contributed by atoms with van der Waals surface area (Å²) >= 11 is 0. The number of rotatable bonds is 4. The van der Waals surface area contributed by atoms with Crippen molar-refractivity contribution in [2.24, 2.45) is 0 Å². The van der Waals surface area contributed by atoms with E-state index in [1.807, 2.05) is 32.0 Å². The first kappa shape index (κ1) is 15.5. The molecule has 1 N–H and O–H groups in total. The van der Waals surface area contributed by atoms with E-state index in [4.69, 9.17) is 0 Å². The van der Waals surface area contributed by atoms with Gasteiger partial charge in [-0.15, -0.1) is 0 Å². The molecule has 1 atom stereocenters. The molecule has 0 bridgehead atoms. The summed E-state index contributed by atoms with van der Waals surface area (Å²) in [7, 11) is -3.38. The lowest BCUT2D eigenvalue weighted by molar-refractivity contribution is 0.601. The minimum atomic E-state index is -3.38. The van der Waals surface area contributed by atoms with Gasteiger partial charge in [-0.2, -0.15) is 0 Å². The molecule has 5 heteroatoms. The van der Waals surface area contributed by atoms with E-state index in [0.29, 0.717) is 11.3 Å². The molecule has 0 amide bonds.